The van der Waals surface area contributed by atoms with E-state index in [0.29, 0.717) is 6.54 Å². The average molecular weight is 237 g/mol. The van der Waals surface area contributed by atoms with Crippen LogP contribution in [0.1, 0.15) is 5.82 Å². The fourth-order valence-electron chi connectivity index (χ4n) is 1.52. The van der Waals surface area contributed by atoms with E-state index in [2.05, 4.69) is 15.5 Å². The van der Waals surface area contributed by atoms with Crippen LogP contribution in [0, 0.1) is 0 Å². The zero-order chi connectivity index (χ0) is 11.5. The van der Waals surface area contributed by atoms with Gasteiger partial charge in [-0.3, -0.25) is 0 Å². The number of aromatic nitrogens is 3. The molecule has 0 amide bonds. The van der Waals surface area contributed by atoms with Gasteiger partial charge in [-0.25, -0.2) is 0 Å². The van der Waals surface area contributed by atoms with Crippen LogP contribution >= 0.6 is 11.6 Å². The van der Waals surface area contributed by atoms with Gasteiger partial charge in [-0.2, -0.15) is 0 Å². The molecule has 4 nitrogen and oxygen atoms in total. The van der Waals surface area contributed by atoms with Crippen molar-refractivity contribution < 1.29 is 0 Å². The number of hydrogen-bond donors (Lipinski definition) is 1. The minimum Gasteiger partial charge on any atom is -0.313 e. The van der Waals surface area contributed by atoms with Crippen LogP contribution in [0.25, 0.3) is 11.4 Å². The molecule has 0 bridgehead atoms. The third-order valence-corrected chi connectivity index (χ3v) is 2.65. The van der Waals surface area contributed by atoms with Crippen LogP contribution in [0.4, 0.5) is 0 Å². The molecule has 2 aromatic rings. The third kappa shape index (κ3) is 2.08. The van der Waals surface area contributed by atoms with Crippen molar-refractivity contribution in [3.05, 3.63) is 35.1 Å². The van der Waals surface area contributed by atoms with Crippen molar-refractivity contribution in [1.82, 2.24) is 20.1 Å². The van der Waals surface area contributed by atoms with E-state index in [0.717, 1.165) is 22.2 Å². The van der Waals surface area contributed by atoms with Gasteiger partial charge in [0.25, 0.3) is 0 Å². The van der Waals surface area contributed by atoms with Crippen LogP contribution in [0.15, 0.2) is 24.3 Å². The summed E-state index contributed by atoms with van der Waals surface area (Å²) in [5, 5.41) is 12.1. The smallest absolute Gasteiger partial charge is 0.163 e. The number of nitrogens with zero attached hydrogens (tertiary/aromatic N) is 3. The molecule has 0 saturated heterocycles. The van der Waals surface area contributed by atoms with Crippen molar-refractivity contribution in [3.8, 4) is 11.4 Å². The number of nitrogens with one attached hydrogen (secondary N) is 1. The number of benzene rings is 1. The van der Waals surface area contributed by atoms with Crippen molar-refractivity contribution in [1.29, 1.82) is 0 Å². The van der Waals surface area contributed by atoms with Gasteiger partial charge >= 0.3 is 0 Å². The molecule has 0 unspecified atom stereocenters. The molecule has 5 heteroatoms. The molecular weight excluding hydrogens is 224 g/mol. The molecule has 1 heterocycles. The van der Waals surface area contributed by atoms with E-state index in [9.17, 15) is 0 Å². The quantitative estimate of drug-likeness (QED) is 0.885. The Morgan fingerprint density at radius 3 is 2.56 bits per heavy atom. The molecule has 0 spiro atoms. The summed E-state index contributed by atoms with van der Waals surface area (Å²) in [4.78, 5) is 0. The Morgan fingerprint density at radius 1 is 1.25 bits per heavy atom. The van der Waals surface area contributed by atoms with Gasteiger partial charge < -0.3 is 9.88 Å². The van der Waals surface area contributed by atoms with Crippen molar-refractivity contribution in [2.45, 2.75) is 6.54 Å². The largest absolute Gasteiger partial charge is 0.313 e. The summed E-state index contributed by atoms with van der Waals surface area (Å²) >= 11 is 5.84. The lowest BCUT2D eigenvalue weighted by molar-refractivity contribution is 0.709. The molecule has 1 aromatic heterocycles. The summed E-state index contributed by atoms with van der Waals surface area (Å²) in [5.41, 5.74) is 1.02. The summed E-state index contributed by atoms with van der Waals surface area (Å²) in [5.74, 6) is 1.76. The lowest BCUT2D eigenvalue weighted by atomic mass is 10.2. The highest BCUT2D eigenvalue weighted by Crippen LogP contribution is 2.19. The molecule has 1 N–H and O–H groups in total. The maximum absolute atomic E-state index is 5.84. The minimum absolute atomic E-state index is 0.705. The van der Waals surface area contributed by atoms with Gasteiger partial charge in [0.1, 0.15) is 5.82 Å². The lowest BCUT2D eigenvalue weighted by Crippen LogP contribution is -2.10. The van der Waals surface area contributed by atoms with Crippen molar-refractivity contribution in [2.24, 2.45) is 7.05 Å². The Balaban J connectivity index is 2.37. The Morgan fingerprint density at radius 2 is 1.94 bits per heavy atom. The first-order valence-electron chi connectivity index (χ1n) is 5.01. The molecule has 2 rings (SSSR count). The second kappa shape index (κ2) is 4.63. The Labute approximate surface area is 99.3 Å². The van der Waals surface area contributed by atoms with Crippen LogP contribution < -0.4 is 5.32 Å². The first-order chi connectivity index (χ1) is 7.72. The van der Waals surface area contributed by atoms with E-state index in [1.807, 2.05) is 42.9 Å². The van der Waals surface area contributed by atoms with Gasteiger partial charge in [0.05, 0.1) is 6.54 Å². The fraction of sp³-hybridized carbons (Fsp3) is 0.273. The van der Waals surface area contributed by atoms with Crippen molar-refractivity contribution in [3.63, 3.8) is 0 Å². The van der Waals surface area contributed by atoms with Gasteiger partial charge in [0, 0.05) is 17.6 Å². The summed E-state index contributed by atoms with van der Waals surface area (Å²) in [7, 11) is 3.84. The van der Waals surface area contributed by atoms with Gasteiger partial charge in [0.2, 0.25) is 0 Å². The van der Waals surface area contributed by atoms with Gasteiger partial charge in [-0.1, -0.05) is 11.6 Å². The SMILES string of the molecule is CNCc1nnc(-c2ccc(Cl)cc2)n1C. The molecule has 0 radical (unpaired) electrons. The lowest BCUT2D eigenvalue weighted by Gasteiger charge is -2.03. The highest BCUT2D eigenvalue weighted by Gasteiger charge is 2.09. The molecular formula is C11H13ClN4. The van der Waals surface area contributed by atoms with E-state index in [4.69, 9.17) is 11.6 Å². The second-order valence-corrected chi connectivity index (χ2v) is 3.97. The topological polar surface area (TPSA) is 42.7 Å². The van der Waals surface area contributed by atoms with E-state index in [1.165, 1.54) is 0 Å². The summed E-state index contributed by atoms with van der Waals surface area (Å²) in [6, 6.07) is 7.58. The maximum atomic E-state index is 5.84. The molecule has 16 heavy (non-hydrogen) atoms. The van der Waals surface area contributed by atoms with E-state index in [1.54, 1.807) is 0 Å². The molecule has 0 aliphatic carbocycles. The van der Waals surface area contributed by atoms with Crippen molar-refractivity contribution >= 4 is 11.6 Å². The van der Waals surface area contributed by atoms with Crippen LogP contribution in [-0.2, 0) is 13.6 Å². The normalized spacial score (nSPS) is 10.7. The molecule has 1 aromatic carbocycles. The van der Waals surface area contributed by atoms with E-state index < -0.39 is 0 Å². The average Bonchev–Trinajstić information content (AvgIpc) is 2.63. The maximum Gasteiger partial charge on any atom is 0.163 e. The summed E-state index contributed by atoms with van der Waals surface area (Å²) in [6.45, 7) is 0.705. The molecule has 0 aliphatic rings. The van der Waals surface area contributed by atoms with E-state index >= 15 is 0 Å². The molecule has 0 fully saturated rings. The number of rotatable bonds is 3. The standard InChI is InChI=1S/C11H13ClN4/c1-13-7-10-14-15-11(16(10)2)8-3-5-9(12)6-4-8/h3-6,13H,7H2,1-2H3. The Bertz CT molecular complexity index is 475. The molecule has 0 aliphatic heterocycles. The zero-order valence-corrected chi connectivity index (χ0v) is 9.99. The summed E-state index contributed by atoms with van der Waals surface area (Å²) in [6.07, 6.45) is 0. The first-order valence-corrected chi connectivity index (χ1v) is 5.39. The molecule has 0 saturated carbocycles. The van der Waals surface area contributed by atoms with Crippen LogP contribution in [0.3, 0.4) is 0 Å². The number of halogens is 1. The van der Waals surface area contributed by atoms with E-state index in [-0.39, 0.29) is 0 Å². The van der Waals surface area contributed by atoms with Gasteiger partial charge in [0.15, 0.2) is 5.82 Å². The summed E-state index contributed by atoms with van der Waals surface area (Å²) < 4.78 is 1.97. The predicted molar refractivity (Wildman–Crippen MR) is 64.2 cm³/mol. The molecule has 84 valence electrons. The highest BCUT2D eigenvalue weighted by atomic mass is 35.5. The highest BCUT2D eigenvalue weighted by molar-refractivity contribution is 6.30. The monoisotopic (exact) mass is 236 g/mol. The van der Waals surface area contributed by atoms with Crippen LogP contribution in [0.2, 0.25) is 5.02 Å². The Hall–Kier alpha value is -1.39. The van der Waals surface area contributed by atoms with Gasteiger partial charge in [-0.05, 0) is 31.3 Å². The van der Waals surface area contributed by atoms with Crippen LogP contribution in [-0.4, -0.2) is 21.8 Å². The van der Waals surface area contributed by atoms with Gasteiger partial charge in [-0.15, -0.1) is 10.2 Å². The third-order valence-electron chi connectivity index (χ3n) is 2.40. The van der Waals surface area contributed by atoms with Crippen molar-refractivity contribution in [2.75, 3.05) is 7.05 Å². The Kier molecular flexibility index (Phi) is 3.22. The molecule has 0 atom stereocenters. The zero-order valence-electron chi connectivity index (χ0n) is 9.24. The minimum atomic E-state index is 0.705. The van der Waals surface area contributed by atoms with Crippen LogP contribution in [0.5, 0.6) is 0 Å². The second-order valence-electron chi connectivity index (χ2n) is 3.54. The number of hydrogen-bond acceptors (Lipinski definition) is 3. The fourth-order valence-corrected chi connectivity index (χ4v) is 1.65. The predicted octanol–water partition coefficient (Wildman–Crippen LogP) is 1.85. The first kappa shape index (κ1) is 11.1.